The smallest absolute Gasteiger partial charge is 0.347 e. The lowest BCUT2D eigenvalue weighted by Gasteiger charge is -2.41. The number of aromatic nitrogens is 2. The Morgan fingerprint density at radius 2 is 1.39 bits per heavy atom. The zero-order chi connectivity index (χ0) is 41.1. The number of nitrogens with zero attached hydrogens (tertiary/aromatic N) is 4. The summed E-state index contributed by atoms with van der Waals surface area (Å²) < 4.78 is 26.8. The van der Waals surface area contributed by atoms with E-state index in [9.17, 15) is 24.0 Å². The number of unbranched alkanes of at least 4 members (excludes halogenated alkanes) is 1. The van der Waals surface area contributed by atoms with Gasteiger partial charge in [-0.1, -0.05) is 31.5 Å². The van der Waals surface area contributed by atoms with Gasteiger partial charge in [0.15, 0.2) is 5.66 Å². The van der Waals surface area contributed by atoms with Crippen molar-refractivity contribution in [3.05, 3.63) is 71.5 Å². The first-order valence-electron chi connectivity index (χ1n) is 18.7. The molecule has 3 aromatic rings. The Labute approximate surface area is 328 Å². The molecule has 1 amide bonds. The van der Waals surface area contributed by atoms with Crippen molar-refractivity contribution in [1.29, 1.82) is 0 Å². The summed E-state index contributed by atoms with van der Waals surface area (Å²) in [6, 6.07) is 15.1. The maximum atomic E-state index is 14.1. The molecule has 16 heteroatoms. The SMILES string of the molecule is CCCCC(NC(=O)c1ccccc1N)(C(=O)OCC)N(CC(=O)OC)Cc1cc(OCC)cc(-c2cccc(CN(CC(=O)OCC)CC(=O)OCC)n2)n1. The van der Waals surface area contributed by atoms with Gasteiger partial charge in [-0.15, -0.1) is 0 Å². The highest BCUT2D eigenvalue weighted by atomic mass is 16.5. The van der Waals surface area contributed by atoms with E-state index in [1.807, 2.05) is 13.8 Å². The Bertz CT molecular complexity index is 1770. The van der Waals surface area contributed by atoms with Gasteiger partial charge >= 0.3 is 23.9 Å². The minimum Gasteiger partial charge on any atom is -0.494 e. The molecular weight excluding hydrogens is 724 g/mol. The summed E-state index contributed by atoms with van der Waals surface area (Å²) in [4.78, 5) is 78.6. The van der Waals surface area contributed by atoms with Crippen LogP contribution in [0.4, 0.5) is 5.69 Å². The quantitative estimate of drug-likeness (QED) is 0.0607. The van der Waals surface area contributed by atoms with Gasteiger partial charge in [-0.05, 0) is 64.8 Å². The minimum atomic E-state index is -1.86. The molecule has 56 heavy (non-hydrogen) atoms. The zero-order valence-corrected chi connectivity index (χ0v) is 33.1. The molecule has 1 unspecified atom stereocenters. The Balaban J connectivity index is 2.14. The number of anilines is 1. The molecule has 0 saturated heterocycles. The average molecular weight is 779 g/mol. The van der Waals surface area contributed by atoms with Gasteiger partial charge in [0.1, 0.15) is 5.75 Å². The molecule has 3 N–H and O–H groups in total. The van der Waals surface area contributed by atoms with E-state index in [0.717, 1.165) is 0 Å². The fourth-order valence-electron chi connectivity index (χ4n) is 5.87. The predicted molar refractivity (Wildman–Crippen MR) is 207 cm³/mol. The molecule has 0 bridgehead atoms. The van der Waals surface area contributed by atoms with Crippen molar-refractivity contribution in [2.24, 2.45) is 0 Å². The number of pyridine rings is 2. The van der Waals surface area contributed by atoms with Crippen molar-refractivity contribution in [1.82, 2.24) is 25.1 Å². The summed E-state index contributed by atoms with van der Waals surface area (Å²) in [5, 5.41) is 2.89. The van der Waals surface area contributed by atoms with Gasteiger partial charge in [-0.3, -0.25) is 29.0 Å². The molecule has 0 aliphatic rings. The number of benzene rings is 1. The number of nitrogens with one attached hydrogen (secondary N) is 1. The summed E-state index contributed by atoms with van der Waals surface area (Å²) in [6.07, 6.45) is 1.20. The third kappa shape index (κ3) is 13.0. The molecule has 2 aromatic heterocycles. The number of nitrogen functional groups attached to an aromatic ring is 1. The van der Waals surface area contributed by atoms with Gasteiger partial charge in [-0.2, -0.15) is 0 Å². The van der Waals surface area contributed by atoms with E-state index in [0.29, 0.717) is 48.0 Å². The molecule has 3 rings (SSSR count). The van der Waals surface area contributed by atoms with E-state index in [1.54, 1.807) is 80.3 Å². The number of nitrogens with two attached hydrogens (primary N) is 1. The van der Waals surface area contributed by atoms with E-state index in [4.69, 9.17) is 39.4 Å². The molecule has 16 nitrogen and oxygen atoms in total. The van der Waals surface area contributed by atoms with Crippen molar-refractivity contribution in [3.8, 4) is 17.1 Å². The van der Waals surface area contributed by atoms with Gasteiger partial charge in [0.2, 0.25) is 0 Å². The number of para-hydroxylation sites is 1. The van der Waals surface area contributed by atoms with Gasteiger partial charge in [0.25, 0.3) is 5.91 Å². The summed E-state index contributed by atoms with van der Waals surface area (Å²) >= 11 is 0. The van der Waals surface area contributed by atoms with E-state index < -0.39 is 42.0 Å². The predicted octanol–water partition coefficient (Wildman–Crippen LogP) is 3.91. The number of rotatable bonds is 23. The van der Waals surface area contributed by atoms with Crippen LogP contribution in [0.15, 0.2) is 54.6 Å². The van der Waals surface area contributed by atoms with Gasteiger partial charge < -0.3 is 34.7 Å². The lowest BCUT2D eigenvalue weighted by Crippen LogP contribution is -2.66. The van der Waals surface area contributed by atoms with E-state index >= 15 is 0 Å². The number of methoxy groups -OCH3 is 1. The molecular formula is C40H54N6O10. The van der Waals surface area contributed by atoms with Gasteiger partial charge in [-0.25, -0.2) is 14.8 Å². The average Bonchev–Trinajstić information content (AvgIpc) is 3.16. The summed E-state index contributed by atoms with van der Waals surface area (Å²) in [7, 11) is 1.23. The highest BCUT2D eigenvalue weighted by molar-refractivity contribution is 6.02. The molecule has 0 radical (unpaired) electrons. The van der Waals surface area contributed by atoms with Crippen molar-refractivity contribution in [3.63, 3.8) is 0 Å². The number of esters is 4. The fourth-order valence-corrected chi connectivity index (χ4v) is 5.87. The first-order chi connectivity index (χ1) is 26.9. The first-order valence-corrected chi connectivity index (χ1v) is 18.7. The van der Waals surface area contributed by atoms with Crippen LogP contribution in [-0.2, 0) is 51.2 Å². The van der Waals surface area contributed by atoms with E-state index in [-0.39, 0.29) is 63.7 Å². The molecule has 2 heterocycles. The maximum absolute atomic E-state index is 14.1. The lowest BCUT2D eigenvalue weighted by molar-refractivity contribution is -0.164. The Morgan fingerprint density at radius 3 is 2.00 bits per heavy atom. The Morgan fingerprint density at radius 1 is 0.732 bits per heavy atom. The highest BCUT2D eigenvalue weighted by Crippen LogP contribution is 2.29. The van der Waals surface area contributed by atoms with Crippen LogP contribution in [0.1, 0.15) is 75.6 Å². The molecule has 0 fully saturated rings. The fraction of sp³-hybridized carbons (Fsp3) is 0.475. The molecule has 1 atom stereocenters. The monoisotopic (exact) mass is 778 g/mol. The lowest BCUT2D eigenvalue weighted by atomic mass is 9.98. The van der Waals surface area contributed by atoms with Crippen LogP contribution >= 0.6 is 0 Å². The number of hydrogen-bond acceptors (Lipinski definition) is 15. The number of ether oxygens (including phenoxy) is 5. The van der Waals surface area contributed by atoms with Crippen molar-refractivity contribution in [2.75, 3.05) is 58.9 Å². The van der Waals surface area contributed by atoms with Crippen LogP contribution in [0.2, 0.25) is 0 Å². The van der Waals surface area contributed by atoms with E-state index in [2.05, 4.69) is 5.32 Å². The summed E-state index contributed by atoms with van der Waals surface area (Å²) in [6.45, 7) is 8.72. The topological polar surface area (TPSA) is 202 Å². The van der Waals surface area contributed by atoms with Crippen molar-refractivity contribution in [2.45, 2.75) is 72.6 Å². The number of hydrogen-bond donors (Lipinski definition) is 2. The second-order valence-electron chi connectivity index (χ2n) is 12.5. The highest BCUT2D eigenvalue weighted by Gasteiger charge is 2.48. The third-order valence-corrected chi connectivity index (χ3v) is 8.41. The first kappa shape index (κ1) is 44.8. The van der Waals surface area contributed by atoms with Crippen LogP contribution in [0.3, 0.4) is 0 Å². The standard InChI is InChI=1S/C40H54N6O10/c1-7-12-20-40(39(51)56-11-5,44-38(50)31-17-13-14-18-32(31)41)46(27-35(47)52-6)24-29-21-30(53-8-2)22-34(43-29)33-19-15-16-28(42-33)23-45(25-36(48)54-9-3)26-37(49)55-10-4/h13-19,21-22H,7-12,20,23-27,41H2,1-6H3,(H,44,50). The minimum absolute atomic E-state index is 0.00333. The van der Waals surface area contributed by atoms with Crippen LogP contribution in [-0.4, -0.2) is 108 Å². The van der Waals surface area contributed by atoms with Gasteiger partial charge in [0.05, 0.1) is 81.5 Å². The zero-order valence-electron chi connectivity index (χ0n) is 33.1. The Hall–Kier alpha value is -5.61. The maximum Gasteiger partial charge on any atom is 0.347 e. The molecule has 0 aliphatic heterocycles. The molecule has 0 aliphatic carbocycles. The second-order valence-corrected chi connectivity index (χ2v) is 12.5. The van der Waals surface area contributed by atoms with Crippen LogP contribution in [0.5, 0.6) is 5.75 Å². The van der Waals surface area contributed by atoms with Crippen molar-refractivity contribution < 1.29 is 47.7 Å². The third-order valence-electron chi connectivity index (χ3n) is 8.41. The molecule has 0 saturated carbocycles. The van der Waals surface area contributed by atoms with Crippen molar-refractivity contribution >= 4 is 35.5 Å². The largest absolute Gasteiger partial charge is 0.494 e. The normalized spacial score (nSPS) is 12.1. The number of amides is 1. The molecule has 0 spiro atoms. The van der Waals surface area contributed by atoms with Gasteiger partial charge in [0, 0.05) is 30.9 Å². The molecule has 1 aromatic carbocycles. The van der Waals surface area contributed by atoms with E-state index in [1.165, 1.54) is 12.0 Å². The Kier molecular flexibility index (Phi) is 18.1. The van der Waals surface area contributed by atoms with Crippen LogP contribution in [0, 0.1) is 0 Å². The number of carbonyl (C=O) groups is 5. The molecule has 304 valence electrons. The van der Waals surface area contributed by atoms with Crippen LogP contribution < -0.4 is 15.8 Å². The summed E-state index contributed by atoms with van der Waals surface area (Å²) in [5.41, 5.74) is 6.37. The second kappa shape index (κ2) is 22.7. The number of carbonyl (C=O) groups excluding carboxylic acids is 5. The summed E-state index contributed by atoms with van der Waals surface area (Å²) in [5.74, 6) is -2.65. The van der Waals surface area contributed by atoms with Crippen LogP contribution in [0.25, 0.3) is 11.4 Å².